The molecule has 2 aromatic heterocycles. The van der Waals surface area contributed by atoms with Crippen molar-refractivity contribution < 1.29 is 9.47 Å². The normalized spacial score (nSPS) is 16.9. The molecule has 0 radical (unpaired) electrons. The van der Waals surface area contributed by atoms with Crippen molar-refractivity contribution in [2.45, 2.75) is 33.0 Å². The number of nitrogens with one attached hydrogen (secondary N) is 1. The monoisotopic (exact) mass is 303 g/mol. The first-order valence-electron chi connectivity index (χ1n) is 7.43. The minimum atomic E-state index is -0.492. The first-order chi connectivity index (χ1) is 10.6. The van der Waals surface area contributed by atoms with Crippen molar-refractivity contribution in [3.8, 4) is 5.82 Å². The molecule has 0 aromatic carbocycles. The highest BCUT2D eigenvalue weighted by molar-refractivity contribution is 5.36. The number of aryl methyl sites for hydroxylation is 2. The topological polar surface area (TPSA) is 74.1 Å². The molecule has 7 heteroatoms. The molecular weight excluding hydrogens is 282 g/mol. The maximum absolute atomic E-state index is 5.58. The van der Waals surface area contributed by atoms with E-state index in [0.29, 0.717) is 31.4 Å². The molecule has 1 fully saturated rings. The number of anilines is 1. The molecule has 0 bridgehead atoms. The summed E-state index contributed by atoms with van der Waals surface area (Å²) in [5.41, 5.74) is 1.99. The molecule has 0 saturated carbocycles. The molecule has 1 aliphatic heterocycles. The molecule has 1 saturated heterocycles. The summed E-state index contributed by atoms with van der Waals surface area (Å²) < 4.78 is 12.9. The van der Waals surface area contributed by atoms with Crippen molar-refractivity contribution in [3.63, 3.8) is 0 Å². The lowest BCUT2D eigenvalue weighted by atomic mass is 10.2. The van der Waals surface area contributed by atoms with Gasteiger partial charge in [0.15, 0.2) is 11.6 Å². The van der Waals surface area contributed by atoms with Gasteiger partial charge in [0.05, 0.1) is 31.3 Å². The smallest absolute Gasteiger partial charge is 0.174 e. The van der Waals surface area contributed by atoms with Crippen LogP contribution in [0.2, 0.25) is 0 Å². The highest BCUT2D eigenvalue weighted by Gasteiger charge is 2.30. The quantitative estimate of drug-likeness (QED) is 0.908. The third-order valence-electron chi connectivity index (χ3n) is 3.63. The number of ether oxygens (including phenoxy) is 2. The molecule has 0 spiro atoms. The second kappa shape index (κ2) is 6.02. The summed E-state index contributed by atoms with van der Waals surface area (Å²) in [6.45, 7) is 7.93. The van der Waals surface area contributed by atoms with E-state index in [2.05, 4.69) is 20.4 Å². The Morgan fingerprint density at radius 3 is 2.73 bits per heavy atom. The number of aromatic nitrogens is 4. The van der Waals surface area contributed by atoms with E-state index in [0.717, 1.165) is 17.8 Å². The molecule has 2 aromatic rings. The number of hydrogen-bond donors (Lipinski definition) is 1. The van der Waals surface area contributed by atoms with E-state index in [1.54, 1.807) is 17.1 Å². The van der Waals surface area contributed by atoms with Crippen LogP contribution in [0.1, 0.15) is 24.7 Å². The summed E-state index contributed by atoms with van der Waals surface area (Å²) in [6, 6.07) is 2.01. The second-order valence-electron chi connectivity index (χ2n) is 5.61. The van der Waals surface area contributed by atoms with Gasteiger partial charge in [-0.1, -0.05) is 0 Å². The molecule has 1 aliphatic rings. The molecular formula is C15H21N5O2. The molecule has 0 atom stereocenters. The van der Waals surface area contributed by atoms with Crippen molar-refractivity contribution in [2.24, 2.45) is 0 Å². The van der Waals surface area contributed by atoms with E-state index in [9.17, 15) is 0 Å². The zero-order chi connectivity index (χ0) is 15.6. The van der Waals surface area contributed by atoms with E-state index in [1.807, 2.05) is 26.8 Å². The van der Waals surface area contributed by atoms with Crippen LogP contribution >= 0.6 is 0 Å². The number of nitrogens with zero attached hydrogens (tertiary/aromatic N) is 4. The van der Waals surface area contributed by atoms with Gasteiger partial charge < -0.3 is 14.8 Å². The van der Waals surface area contributed by atoms with Gasteiger partial charge >= 0.3 is 0 Å². The molecule has 22 heavy (non-hydrogen) atoms. The fourth-order valence-corrected chi connectivity index (χ4v) is 2.52. The Kier molecular flexibility index (Phi) is 4.08. The fraction of sp³-hybridized carbons (Fsp3) is 0.533. The van der Waals surface area contributed by atoms with Crippen LogP contribution in [0.15, 0.2) is 18.5 Å². The van der Waals surface area contributed by atoms with Crippen molar-refractivity contribution in [3.05, 3.63) is 29.8 Å². The number of hydrogen-bond acceptors (Lipinski definition) is 6. The maximum atomic E-state index is 5.58. The molecule has 118 valence electrons. The van der Waals surface area contributed by atoms with E-state index in [-0.39, 0.29) is 0 Å². The minimum Gasteiger partial charge on any atom is -0.369 e. The standard InChI is InChI=1S/C15H21N5O2/c1-11-8-12(2)20(19-11)14-10-16-9-13(18-14)17-5-4-15(3)21-6-7-22-15/h8-10H,4-7H2,1-3H3,(H,17,18). The predicted octanol–water partition coefficient (Wildman–Crippen LogP) is 1.84. The molecule has 3 heterocycles. The zero-order valence-corrected chi connectivity index (χ0v) is 13.2. The van der Waals surface area contributed by atoms with Gasteiger partial charge in [0.2, 0.25) is 0 Å². The van der Waals surface area contributed by atoms with Crippen LogP contribution in [0, 0.1) is 13.8 Å². The largest absolute Gasteiger partial charge is 0.369 e. The Morgan fingerprint density at radius 2 is 2.05 bits per heavy atom. The first kappa shape index (κ1) is 14.9. The lowest BCUT2D eigenvalue weighted by Gasteiger charge is -2.22. The highest BCUT2D eigenvalue weighted by Crippen LogP contribution is 2.22. The molecule has 3 rings (SSSR count). The Balaban J connectivity index is 1.65. The van der Waals surface area contributed by atoms with E-state index < -0.39 is 5.79 Å². The van der Waals surface area contributed by atoms with Crippen molar-refractivity contribution in [2.75, 3.05) is 25.1 Å². The van der Waals surface area contributed by atoms with Crippen LogP contribution in [0.4, 0.5) is 5.82 Å². The second-order valence-corrected chi connectivity index (χ2v) is 5.61. The summed E-state index contributed by atoms with van der Waals surface area (Å²) >= 11 is 0. The maximum Gasteiger partial charge on any atom is 0.174 e. The molecule has 0 aliphatic carbocycles. The van der Waals surface area contributed by atoms with Gasteiger partial charge in [-0.05, 0) is 26.8 Å². The van der Waals surface area contributed by atoms with Gasteiger partial charge in [0.1, 0.15) is 5.82 Å². The third-order valence-corrected chi connectivity index (χ3v) is 3.63. The molecule has 0 unspecified atom stereocenters. The Bertz CT molecular complexity index is 649. The summed E-state index contributed by atoms with van der Waals surface area (Å²) in [4.78, 5) is 8.78. The van der Waals surface area contributed by atoms with Crippen LogP contribution in [0.25, 0.3) is 5.82 Å². The summed E-state index contributed by atoms with van der Waals surface area (Å²) in [5, 5.41) is 7.68. The van der Waals surface area contributed by atoms with Crippen LogP contribution in [0.5, 0.6) is 0 Å². The van der Waals surface area contributed by atoms with E-state index in [1.165, 1.54) is 0 Å². The summed E-state index contributed by atoms with van der Waals surface area (Å²) in [7, 11) is 0. The van der Waals surface area contributed by atoms with Gasteiger partial charge in [-0.25, -0.2) is 9.67 Å². The molecule has 7 nitrogen and oxygen atoms in total. The van der Waals surface area contributed by atoms with Crippen LogP contribution < -0.4 is 5.32 Å². The summed E-state index contributed by atoms with van der Waals surface area (Å²) in [6.07, 6.45) is 4.15. The average Bonchev–Trinajstić information content (AvgIpc) is 3.05. The Labute approximate surface area is 129 Å². The first-order valence-corrected chi connectivity index (χ1v) is 7.43. The fourth-order valence-electron chi connectivity index (χ4n) is 2.52. The predicted molar refractivity (Wildman–Crippen MR) is 82.0 cm³/mol. The van der Waals surface area contributed by atoms with E-state index in [4.69, 9.17) is 9.47 Å². The molecule has 0 amide bonds. The van der Waals surface area contributed by atoms with Gasteiger partial charge in [-0.3, -0.25) is 4.98 Å². The lowest BCUT2D eigenvalue weighted by molar-refractivity contribution is -0.144. The van der Waals surface area contributed by atoms with Crippen LogP contribution in [0.3, 0.4) is 0 Å². The van der Waals surface area contributed by atoms with E-state index >= 15 is 0 Å². The average molecular weight is 303 g/mol. The van der Waals surface area contributed by atoms with Gasteiger partial charge in [-0.2, -0.15) is 5.10 Å². The van der Waals surface area contributed by atoms with Gasteiger partial charge in [-0.15, -0.1) is 0 Å². The Hall–Kier alpha value is -1.99. The van der Waals surface area contributed by atoms with Crippen molar-refractivity contribution in [1.82, 2.24) is 19.7 Å². The van der Waals surface area contributed by atoms with Gasteiger partial charge in [0, 0.05) is 18.7 Å². The van der Waals surface area contributed by atoms with Crippen molar-refractivity contribution >= 4 is 5.82 Å². The van der Waals surface area contributed by atoms with Gasteiger partial charge in [0.25, 0.3) is 0 Å². The minimum absolute atomic E-state index is 0.492. The van der Waals surface area contributed by atoms with Crippen molar-refractivity contribution in [1.29, 1.82) is 0 Å². The zero-order valence-electron chi connectivity index (χ0n) is 13.2. The van der Waals surface area contributed by atoms with Crippen LogP contribution in [-0.2, 0) is 9.47 Å². The highest BCUT2D eigenvalue weighted by atomic mass is 16.7. The SMILES string of the molecule is Cc1cc(C)n(-c2cncc(NCCC3(C)OCCO3)n2)n1. The molecule has 1 N–H and O–H groups in total. The van der Waals surface area contributed by atoms with Crippen LogP contribution in [-0.4, -0.2) is 45.3 Å². The third kappa shape index (κ3) is 3.26. The number of rotatable bonds is 5. The Morgan fingerprint density at radius 1 is 1.27 bits per heavy atom. The lowest BCUT2D eigenvalue weighted by Crippen LogP contribution is -2.28. The summed E-state index contributed by atoms with van der Waals surface area (Å²) in [5.74, 6) is 0.926.